The SMILES string of the molecule is Cc1ccccc1OCCCC(=O)Nc1nnc(C2CC2)s1. The van der Waals surface area contributed by atoms with Gasteiger partial charge in [0.25, 0.3) is 0 Å². The number of carbonyl (C=O) groups is 1. The van der Waals surface area contributed by atoms with Crippen molar-refractivity contribution < 1.29 is 9.53 Å². The zero-order chi connectivity index (χ0) is 15.4. The number of amides is 1. The van der Waals surface area contributed by atoms with Crippen molar-refractivity contribution in [1.29, 1.82) is 0 Å². The zero-order valence-electron chi connectivity index (χ0n) is 12.5. The fraction of sp³-hybridized carbons (Fsp3) is 0.438. The van der Waals surface area contributed by atoms with Gasteiger partial charge in [0, 0.05) is 12.3 Å². The highest BCUT2D eigenvalue weighted by atomic mass is 32.1. The van der Waals surface area contributed by atoms with E-state index in [4.69, 9.17) is 4.74 Å². The molecule has 1 aromatic carbocycles. The van der Waals surface area contributed by atoms with Crippen LogP contribution in [-0.4, -0.2) is 22.7 Å². The maximum atomic E-state index is 11.9. The van der Waals surface area contributed by atoms with Gasteiger partial charge in [0.05, 0.1) is 6.61 Å². The zero-order valence-corrected chi connectivity index (χ0v) is 13.4. The van der Waals surface area contributed by atoms with Crippen LogP contribution in [0.3, 0.4) is 0 Å². The van der Waals surface area contributed by atoms with Gasteiger partial charge in [-0.1, -0.05) is 29.5 Å². The first-order valence-corrected chi connectivity index (χ1v) is 8.35. The Balaban J connectivity index is 1.37. The summed E-state index contributed by atoms with van der Waals surface area (Å²) in [5, 5.41) is 12.6. The van der Waals surface area contributed by atoms with Crippen molar-refractivity contribution in [3.8, 4) is 5.75 Å². The Bertz CT molecular complexity index is 652. The predicted octanol–water partition coefficient (Wildman–Crippen LogP) is 3.52. The first-order chi connectivity index (χ1) is 10.7. The number of anilines is 1. The second-order valence-electron chi connectivity index (χ2n) is 5.49. The number of para-hydroxylation sites is 1. The summed E-state index contributed by atoms with van der Waals surface area (Å²) in [6.45, 7) is 2.54. The number of aromatic nitrogens is 2. The summed E-state index contributed by atoms with van der Waals surface area (Å²) in [6, 6.07) is 7.88. The molecule has 0 bridgehead atoms. The Kier molecular flexibility index (Phi) is 4.68. The summed E-state index contributed by atoms with van der Waals surface area (Å²) in [7, 11) is 0. The number of nitrogens with zero attached hydrogens (tertiary/aromatic N) is 2. The molecule has 3 rings (SSSR count). The fourth-order valence-corrected chi connectivity index (χ4v) is 3.02. The van der Waals surface area contributed by atoms with Crippen LogP contribution in [0.1, 0.15) is 42.2 Å². The normalized spacial score (nSPS) is 13.9. The molecule has 1 heterocycles. The quantitative estimate of drug-likeness (QED) is 0.794. The predicted molar refractivity (Wildman–Crippen MR) is 86.4 cm³/mol. The smallest absolute Gasteiger partial charge is 0.226 e. The lowest BCUT2D eigenvalue weighted by molar-refractivity contribution is -0.116. The van der Waals surface area contributed by atoms with Crippen LogP contribution in [0.25, 0.3) is 0 Å². The van der Waals surface area contributed by atoms with Crippen LogP contribution in [0.4, 0.5) is 5.13 Å². The molecular formula is C16H19N3O2S. The summed E-state index contributed by atoms with van der Waals surface area (Å²) in [6.07, 6.45) is 3.48. The van der Waals surface area contributed by atoms with Crippen LogP contribution >= 0.6 is 11.3 Å². The van der Waals surface area contributed by atoms with Gasteiger partial charge in [-0.15, -0.1) is 10.2 Å². The molecule has 0 atom stereocenters. The van der Waals surface area contributed by atoms with E-state index in [1.54, 1.807) is 0 Å². The summed E-state index contributed by atoms with van der Waals surface area (Å²) < 4.78 is 5.68. The fourth-order valence-electron chi connectivity index (χ4n) is 2.10. The Morgan fingerprint density at radius 2 is 2.18 bits per heavy atom. The van der Waals surface area contributed by atoms with E-state index >= 15 is 0 Å². The molecule has 6 heteroatoms. The number of aryl methyl sites for hydroxylation is 1. The van der Waals surface area contributed by atoms with E-state index < -0.39 is 0 Å². The maximum Gasteiger partial charge on any atom is 0.226 e. The lowest BCUT2D eigenvalue weighted by atomic mass is 10.2. The van der Waals surface area contributed by atoms with E-state index in [9.17, 15) is 4.79 Å². The molecule has 0 saturated heterocycles. The van der Waals surface area contributed by atoms with Crippen molar-refractivity contribution in [2.75, 3.05) is 11.9 Å². The largest absolute Gasteiger partial charge is 0.493 e. The summed E-state index contributed by atoms with van der Waals surface area (Å²) in [5.74, 6) is 1.42. The Hall–Kier alpha value is -1.95. The third-order valence-corrected chi connectivity index (χ3v) is 4.51. The van der Waals surface area contributed by atoms with E-state index in [-0.39, 0.29) is 5.91 Å². The summed E-state index contributed by atoms with van der Waals surface area (Å²) in [5.41, 5.74) is 1.11. The van der Waals surface area contributed by atoms with Crippen molar-refractivity contribution >= 4 is 22.4 Å². The molecule has 1 aliphatic carbocycles. The van der Waals surface area contributed by atoms with Crippen LogP contribution in [-0.2, 0) is 4.79 Å². The number of nitrogens with one attached hydrogen (secondary N) is 1. The van der Waals surface area contributed by atoms with Gasteiger partial charge in [-0.05, 0) is 37.8 Å². The van der Waals surface area contributed by atoms with Gasteiger partial charge < -0.3 is 10.1 Å². The Morgan fingerprint density at radius 1 is 1.36 bits per heavy atom. The van der Waals surface area contributed by atoms with Crippen LogP contribution in [0.2, 0.25) is 0 Å². The third kappa shape index (κ3) is 4.04. The van der Waals surface area contributed by atoms with Crippen molar-refractivity contribution in [2.45, 2.75) is 38.5 Å². The first-order valence-electron chi connectivity index (χ1n) is 7.54. The molecule has 0 aliphatic heterocycles. The number of hydrogen-bond donors (Lipinski definition) is 1. The molecule has 5 nitrogen and oxygen atoms in total. The van der Waals surface area contributed by atoms with Gasteiger partial charge in [0.1, 0.15) is 10.8 Å². The standard InChI is InChI=1S/C16H19N3O2S/c1-11-5-2-3-6-13(11)21-10-4-7-14(20)17-16-19-18-15(22-16)12-8-9-12/h2-3,5-6,12H,4,7-10H2,1H3,(H,17,19,20). The number of hydrogen-bond acceptors (Lipinski definition) is 5. The van der Waals surface area contributed by atoms with Crippen LogP contribution < -0.4 is 10.1 Å². The number of rotatable bonds is 7. The average Bonchev–Trinajstić information content (AvgIpc) is 3.26. The molecule has 0 radical (unpaired) electrons. The molecule has 1 fully saturated rings. The van der Waals surface area contributed by atoms with Crippen molar-refractivity contribution in [2.24, 2.45) is 0 Å². The molecule has 0 spiro atoms. The molecule has 116 valence electrons. The van der Waals surface area contributed by atoms with Crippen LogP contribution in [0.5, 0.6) is 5.75 Å². The molecular weight excluding hydrogens is 298 g/mol. The number of benzene rings is 1. The van der Waals surface area contributed by atoms with Gasteiger partial charge in [-0.25, -0.2) is 0 Å². The molecule has 0 unspecified atom stereocenters. The van der Waals surface area contributed by atoms with Gasteiger partial charge in [-0.3, -0.25) is 4.79 Å². The molecule has 22 heavy (non-hydrogen) atoms. The van der Waals surface area contributed by atoms with E-state index in [1.165, 1.54) is 24.2 Å². The van der Waals surface area contributed by atoms with Gasteiger partial charge in [0.15, 0.2) is 0 Å². The second-order valence-corrected chi connectivity index (χ2v) is 6.49. The minimum Gasteiger partial charge on any atom is -0.493 e. The molecule has 1 amide bonds. The van der Waals surface area contributed by atoms with Gasteiger partial charge in [-0.2, -0.15) is 0 Å². The molecule has 1 aliphatic rings. The Morgan fingerprint density at radius 3 is 2.95 bits per heavy atom. The van der Waals surface area contributed by atoms with Crippen molar-refractivity contribution in [3.63, 3.8) is 0 Å². The third-order valence-electron chi connectivity index (χ3n) is 3.51. The van der Waals surface area contributed by atoms with Gasteiger partial charge >= 0.3 is 0 Å². The highest BCUT2D eigenvalue weighted by Gasteiger charge is 2.27. The van der Waals surface area contributed by atoms with E-state index in [0.717, 1.165) is 16.3 Å². The van der Waals surface area contributed by atoms with Crippen LogP contribution in [0, 0.1) is 6.92 Å². The molecule has 2 aromatic rings. The van der Waals surface area contributed by atoms with Crippen molar-refractivity contribution in [1.82, 2.24) is 10.2 Å². The second kappa shape index (κ2) is 6.87. The average molecular weight is 317 g/mol. The lowest BCUT2D eigenvalue weighted by Crippen LogP contribution is -2.12. The molecule has 1 aromatic heterocycles. The van der Waals surface area contributed by atoms with Crippen molar-refractivity contribution in [3.05, 3.63) is 34.8 Å². The molecule has 1 saturated carbocycles. The highest BCUT2D eigenvalue weighted by molar-refractivity contribution is 7.15. The number of ether oxygens (including phenoxy) is 1. The van der Waals surface area contributed by atoms with Gasteiger partial charge in [0.2, 0.25) is 11.0 Å². The highest BCUT2D eigenvalue weighted by Crippen LogP contribution is 2.42. The minimum atomic E-state index is -0.0353. The first kappa shape index (κ1) is 15.0. The number of carbonyl (C=O) groups excluding carboxylic acids is 1. The van der Waals surface area contributed by atoms with Crippen LogP contribution in [0.15, 0.2) is 24.3 Å². The van der Waals surface area contributed by atoms with E-state index in [0.29, 0.717) is 30.5 Å². The monoisotopic (exact) mass is 317 g/mol. The van der Waals surface area contributed by atoms with E-state index in [1.807, 2.05) is 31.2 Å². The lowest BCUT2D eigenvalue weighted by Gasteiger charge is -2.08. The van der Waals surface area contributed by atoms with E-state index in [2.05, 4.69) is 15.5 Å². The summed E-state index contributed by atoms with van der Waals surface area (Å²) >= 11 is 1.48. The Labute approximate surface area is 133 Å². The molecule has 1 N–H and O–H groups in total. The maximum absolute atomic E-state index is 11.9. The topological polar surface area (TPSA) is 64.1 Å². The summed E-state index contributed by atoms with van der Waals surface area (Å²) in [4.78, 5) is 11.9. The minimum absolute atomic E-state index is 0.0353.